The van der Waals surface area contributed by atoms with Gasteiger partial charge in [-0.25, -0.2) is 0 Å². The summed E-state index contributed by atoms with van der Waals surface area (Å²) in [4.78, 5) is 4.79. The Balaban J connectivity index is 1.22. The SMILES string of the molecule is CC(C)(C)c1cc2ccc3c(-c4ccc(N(c5ccccc5)c5cccc6ccccc56)cc4)cc(N(c4ccccc4)c4ccccc4)c4ccc(c1)c2c34. The fourth-order valence-electron chi connectivity index (χ4n) is 8.53. The molecule has 0 N–H and O–H groups in total. The van der Waals surface area contributed by atoms with Crippen LogP contribution in [0.3, 0.4) is 0 Å². The van der Waals surface area contributed by atoms with E-state index in [1.807, 2.05) is 0 Å². The van der Waals surface area contributed by atoms with Crippen LogP contribution in [-0.2, 0) is 5.41 Å². The molecule has 0 aromatic heterocycles. The third kappa shape index (κ3) is 5.74. The molecule has 0 aliphatic heterocycles. The van der Waals surface area contributed by atoms with Crippen LogP contribution in [0.1, 0.15) is 26.3 Å². The van der Waals surface area contributed by atoms with Crippen LogP contribution in [0.2, 0.25) is 0 Å². The summed E-state index contributed by atoms with van der Waals surface area (Å²) < 4.78 is 0. The second kappa shape index (κ2) is 13.4. The van der Waals surface area contributed by atoms with Gasteiger partial charge in [-0.3, -0.25) is 0 Å². The highest BCUT2D eigenvalue weighted by Gasteiger charge is 2.23. The summed E-state index contributed by atoms with van der Waals surface area (Å²) in [6.45, 7) is 6.91. The number of hydrogen-bond donors (Lipinski definition) is 0. The summed E-state index contributed by atoms with van der Waals surface area (Å²) in [5.41, 5.74) is 10.6. The van der Waals surface area contributed by atoms with Crippen molar-refractivity contribution in [2.24, 2.45) is 0 Å². The predicted molar refractivity (Wildman–Crippen MR) is 241 cm³/mol. The van der Waals surface area contributed by atoms with Gasteiger partial charge in [0, 0.05) is 38.9 Å². The summed E-state index contributed by atoms with van der Waals surface area (Å²) in [5, 5.41) is 10.1. The first kappa shape index (κ1) is 33.7. The molecular formula is C54H42N2. The minimum absolute atomic E-state index is 0.0413. The molecule has 0 heterocycles. The fraction of sp³-hybridized carbons (Fsp3) is 0.0741. The zero-order chi connectivity index (χ0) is 37.8. The van der Waals surface area contributed by atoms with Crippen molar-refractivity contribution in [3.8, 4) is 11.1 Å². The monoisotopic (exact) mass is 718 g/mol. The first-order chi connectivity index (χ1) is 27.4. The predicted octanol–water partition coefficient (Wildman–Crippen LogP) is 15.6. The van der Waals surface area contributed by atoms with Crippen molar-refractivity contribution in [2.45, 2.75) is 26.2 Å². The maximum Gasteiger partial charge on any atom is 0.0546 e. The van der Waals surface area contributed by atoms with Gasteiger partial charge in [-0.2, -0.15) is 0 Å². The number of benzene rings is 10. The topological polar surface area (TPSA) is 6.48 Å². The molecule has 10 aromatic carbocycles. The van der Waals surface area contributed by atoms with Crippen LogP contribution in [0, 0.1) is 0 Å². The van der Waals surface area contributed by atoms with Gasteiger partial charge >= 0.3 is 0 Å². The minimum Gasteiger partial charge on any atom is -0.310 e. The lowest BCUT2D eigenvalue weighted by Gasteiger charge is -2.29. The van der Waals surface area contributed by atoms with Gasteiger partial charge in [0.05, 0.1) is 11.4 Å². The summed E-state index contributed by atoms with van der Waals surface area (Å²) in [5.74, 6) is 0. The van der Waals surface area contributed by atoms with E-state index in [2.05, 4.69) is 231 Å². The third-order valence-electron chi connectivity index (χ3n) is 11.3. The Bertz CT molecular complexity index is 2920. The smallest absolute Gasteiger partial charge is 0.0546 e. The number of fused-ring (bicyclic) bond motifs is 1. The van der Waals surface area contributed by atoms with E-state index in [0.29, 0.717) is 0 Å². The van der Waals surface area contributed by atoms with Crippen LogP contribution in [-0.4, -0.2) is 0 Å². The molecule has 0 saturated carbocycles. The van der Waals surface area contributed by atoms with Crippen LogP contribution in [0.4, 0.5) is 34.1 Å². The van der Waals surface area contributed by atoms with Crippen molar-refractivity contribution < 1.29 is 0 Å². The number of rotatable bonds is 7. The van der Waals surface area contributed by atoms with Crippen LogP contribution in [0.5, 0.6) is 0 Å². The lowest BCUT2D eigenvalue weighted by Crippen LogP contribution is -2.12. The van der Waals surface area contributed by atoms with Gasteiger partial charge in [0.25, 0.3) is 0 Å². The molecule has 268 valence electrons. The fourth-order valence-corrected chi connectivity index (χ4v) is 8.53. The molecule has 0 radical (unpaired) electrons. The molecule has 0 fully saturated rings. The van der Waals surface area contributed by atoms with E-state index in [-0.39, 0.29) is 5.41 Å². The van der Waals surface area contributed by atoms with Crippen molar-refractivity contribution in [1.29, 1.82) is 0 Å². The van der Waals surface area contributed by atoms with E-state index >= 15 is 0 Å². The quantitative estimate of drug-likeness (QED) is 0.151. The summed E-state index contributed by atoms with van der Waals surface area (Å²) in [6.07, 6.45) is 0. The Kier molecular flexibility index (Phi) is 8.08. The summed E-state index contributed by atoms with van der Waals surface area (Å²) >= 11 is 0. The van der Waals surface area contributed by atoms with E-state index in [9.17, 15) is 0 Å². The average molecular weight is 719 g/mol. The van der Waals surface area contributed by atoms with E-state index in [0.717, 1.165) is 34.1 Å². The maximum atomic E-state index is 2.42. The molecule has 0 spiro atoms. The van der Waals surface area contributed by atoms with Crippen molar-refractivity contribution in [2.75, 3.05) is 9.80 Å². The first-order valence-corrected chi connectivity index (χ1v) is 19.5. The molecule has 10 rings (SSSR count). The van der Waals surface area contributed by atoms with E-state index in [1.54, 1.807) is 0 Å². The first-order valence-electron chi connectivity index (χ1n) is 19.5. The molecule has 2 heteroatoms. The number of anilines is 6. The molecule has 10 aromatic rings. The molecule has 0 amide bonds. The Hall–Kier alpha value is -6.90. The lowest BCUT2D eigenvalue weighted by atomic mass is 9.82. The number of hydrogen-bond acceptors (Lipinski definition) is 2. The molecule has 0 aliphatic rings. The summed E-state index contributed by atoms with van der Waals surface area (Å²) in [7, 11) is 0. The standard InChI is InChI=1S/C54H42N2/c1-54(2,3)41-34-39-28-32-47-49(38-26-30-45(31-27-38)55(42-18-7-4-8-19-42)50-25-15-17-37-16-13-14-24-46(37)50)36-51(48-33-29-40(35-41)52(39)53(47)48)56(43-20-9-5-10-21-43)44-22-11-6-12-23-44/h4-36H,1-3H3. The largest absolute Gasteiger partial charge is 0.310 e. The number of para-hydroxylation sites is 3. The molecule has 2 nitrogen and oxygen atoms in total. The van der Waals surface area contributed by atoms with Gasteiger partial charge in [0.1, 0.15) is 0 Å². The van der Waals surface area contributed by atoms with E-state index in [1.165, 1.54) is 59.8 Å². The molecule has 0 saturated heterocycles. The van der Waals surface area contributed by atoms with Crippen LogP contribution >= 0.6 is 0 Å². The normalized spacial score (nSPS) is 11.8. The highest BCUT2D eigenvalue weighted by Crippen LogP contribution is 2.48. The second-order valence-corrected chi connectivity index (χ2v) is 15.8. The maximum absolute atomic E-state index is 2.42. The zero-order valence-corrected chi connectivity index (χ0v) is 31.9. The van der Waals surface area contributed by atoms with E-state index < -0.39 is 0 Å². The van der Waals surface area contributed by atoms with E-state index in [4.69, 9.17) is 0 Å². The number of nitrogens with zero attached hydrogens (tertiary/aromatic N) is 2. The van der Waals surface area contributed by atoms with Crippen molar-refractivity contribution in [1.82, 2.24) is 0 Å². The van der Waals surface area contributed by atoms with Gasteiger partial charge in [-0.05, 0) is 110 Å². The van der Waals surface area contributed by atoms with Crippen LogP contribution in [0.15, 0.2) is 200 Å². The molecule has 0 bridgehead atoms. The molecule has 0 unspecified atom stereocenters. The van der Waals surface area contributed by atoms with Crippen LogP contribution in [0.25, 0.3) is 54.2 Å². The Morgan fingerprint density at radius 1 is 0.339 bits per heavy atom. The van der Waals surface area contributed by atoms with Gasteiger partial charge in [-0.1, -0.05) is 160 Å². The van der Waals surface area contributed by atoms with Crippen LogP contribution < -0.4 is 9.80 Å². The molecular weight excluding hydrogens is 677 g/mol. The van der Waals surface area contributed by atoms with Gasteiger partial charge in [-0.15, -0.1) is 0 Å². The van der Waals surface area contributed by atoms with Gasteiger partial charge < -0.3 is 9.80 Å². The Labute approximate surface area is 328 Å². The molecule has 0 aliphatic carbocycles. The molecule has 0 atom stereocenters. The van der Waals surface area contributed by atoms with Gasteiger partial charge in [0.15, 0.2) is 0 Å². The average Bonchev–Trinajstić information content (AvgIpc) is 3.24. The summed E-state index contributed by atoms with van der Waals surface area (Å²) in [6, 6.07) is 73.2. The highest BCUT2D eigenvalue weighted by atomic mass is 15.1. The van der Waals surface area contributed by atoms with Gasteiger partial charge in [0.2, 0.25) is 0 Å². The lowest BCUT2D eigenvalue weighted by molar-refractivity contribution is 0.591. The highest BCUT2D eigenvalue weighted by molar-refractivity contribution is 6.28. The van der Waals surface area contributed by atoms with Crippen molar-refractivity contribution in [3.05, 3.63) is 206 Å². The van der Waals surface area contributed by atoms with Crippen molar-refractivity contribution in [3.63, 3.8) is 0 Å². The Morgan fingerprint density at radius 3 is 1.43 bits per heavy atom. The molecule has 56 heavy (non-hydrogen) atoms. The third-order valence-corrected chi connectivity index (χ3v) is 11.3. The van der Waals surface area contributed by atoms with Crippen molar-refractivity contribution >= 4 is 77.2 Å². The minimum atomic E-state index is 0.0413. The zero-order valence-electron chi connectivity index (χ0n) is 31.9. The second-order valence-electron chi connectivity index (χ2n) is 15.8. The Morgan fingerprint density at radius 2 is 0.839 bits per heavy atom.